The van der Waals surface area contributed by atoms with Gasteiger partial charge in [0, 0.05) is 25.3 Å². The molecule has 0 aliphatic heterocycles. The van der Waals surface area contributed by atoms with Gasteiger partial charge in [-0.2, -0.15) is 0 Å². The normalized spacial score (nSPS) is 11.1. The second-order valence-corrected chi connectivity index (χ2v) is 8.96. The first-order valence-electron chi connectivity index (χ1n) is 10.5. The molecule has 4 aromatic rings. The number of nitrogens with two attached hydrogens (primary N) is 1. The van der Waals surface area contributed by atoms with E-state index in [1.807, 2.05) is 66.9 Å². The van der Waals surface area contributed by atoms with E-state index in [1.165, 1.54) is 14.1 Å². The van der Waals surface area contributed by atoms with E-state index in [0.717, 1.165) is 43.3 Å². The Labute approximate surface area is 199 Å². The van der Waals surface area contributed by atoms with Gasteiger partial charge in [0.2, 0.25) is 0 Å². The molecule has 0 unspecified atom stereocenters. The van der Waals surface area contributed by atoms with Gasteiger partial charge in [-0.15, -0.1) is 10.2 Å². The molecule has 0 bridgehead atoms. The molecule has 2 N–H and O–H groups in total. The lowest BCUT2D eigenvalue weighted by atomic mass is 10.1. The van der Waals surface area contributed by atoms with Crippen LogP contribution in [0.4, 0.5) is 5.82 Å². The van der Waals surface area contributed by atoms with Gasteiger partial charge in [0.1, 0.15) is 11.4 Å². The third-order valence-electron chi connectivity index (χ3n) is 5.56. The molecule has 0 aliphatic rings. The highest BCUT2D eigenvalue weighted by atomic mass is 32.2. The molecule has 0 saturated carbocycles. The summed E-state index contributed by atoms with van der Waals surface area (Å²) in [7, 11) is 2.73. The Balaban J connectivity index is 1.73. The highest BCUT2D eigenvalue weighted by molar-refractivity contribution is 7.99. The van der Waals surface area contributed by atoms with Crippen LogP contribution < -0.4 is 17.0 Å². The predicted octanol–water partition coefficient (Wildman–Crippen LogP) is 2.51. The number of Topliss-reactive ketones (excluding diaryl/α,β-unsaturated/α-hetero) is 1. The summed E-state index contributed by atoms with van der Waals surface area (Å²) in [6, 6.07) is 15.8. The molecule has 2 aromatic heterocycles. The first-order valence-corrected chi connectivity index (χ1v) is 11.5. The van der Waals surface area contributed by atoms with Crippen LogP contribution in [0.2, 0.25) is 0 Å². The number of hydrogen-bond acceptors (Lipinski definition) is 7. The summed E-state index contributed by atoms with van der Waals surface area (Å²) >= 11 is 1.15. The maximum atomic E-state index is 13.0. The van der Waals surface area contributed by atoms with Crippen LogP contribution in [0.15, 0.2) is 63.3 Å². The molecule has 34 heavy (non-hydrogen) atoms. The Morgan fingerprint density at radius 1 is 0.912 bits per heavy atom. The molecule has 0 fully saturated rings. The first-order chi connectivity index (χ1) is 16.2. The minimum atomic E-state index is -0.716. The van der Waals surface area contributed by atoms with Crippen molar-refractivity contribution in [3.05, 3.63) is 86.1 Å². The van der Waals surface area contributed by atoms with Gasteiger partial charge in [-0.3, -0.25) is 23.3 Å². The molecule has 10 heteroatoms. The Morgan fingerprint density at radius 2 is 1.50 bits per heavy atom. The number of ketones is 1. The zero-order valence-electron chi connectivity index (χ0n) is 19.3. The van der Waals surface area contributed by atoms with Gasteiger partial charge in [0.25, 0.3) is 5.56 Å². The van der Waals surface area contributed by atoms with Crippen molar-refractivity contribution in [3.8, 4) is 17.1 Å². The Bertz CT molecular complexity index is 1500. The molecule has 4 rings (SSSR count). The standard InChI is InChI=1S/C24H24N6O3S/c1-14-5-9-16(10-6-14)21-26-27-23(30(21)17-11-7-15(2)8-12-17)34-13-18(31)19-20(25)28(3)24(33)29(4)22(19)32/h5-12H,13,25H2,1-4H3. The van der Waals surface area contributed by atoms with Crippen molar-refractivity contribution in [1.82, 2.24) is 23.9 Å². The van der Waals surface area contributed by atoms with Crippen molar-refractivity contribution >= 4 is 23.4 Å². The molecule has 0 spiro atoms. The fraction of sp³-hybridized carbons (Fsp3) is 0.208. The zero-order chi connectivity index (χ0) is 24.6. The predicted molar refractivity (Wildman–Crippen MR) is 133 cm³/mol. The molecular formula is C24H24N6O3S. The molecule has 0 radical (unpaired) electrons. The lowest BCUT2D eigenvalue weighted by Gasteiger charge is -2.12. The molecule has 9 nitrogen and oxygen atoms in total. The van der Waals surface area contributed by atoms with Gasteiger partial charge in [0.15, 0.2) is 16.8 Å². The summed E-state index contributed by atoms with van der Waals surface area (Å²) in [5.41, 5.74) is 8.39. The smallest absolute Gasteiger partial charge is 0.332 e. The lowest BCUT2D eigenvalue weighted by Crippen LogP contribution is -2.41. The van der Waals surface area contributed by atoms with Crippen molar-refractivity contribution in [2.75, 3.05) is 11.5 Å². The van der Waals surface area contributed by atoms with Gasteiger partial charge in [-0.05, 0) is 26.0 Å². The van der Waals surface area contributed by atoms with Gasteiger partial charge in [-0.25, -0.2) is 4.79 Å². The fourth-order valence-corrected chi connectivity index (χ4v) is 4.33. The number of carbonyl (C=O) groups excluding carboxylic acids is 1. The summed E-state index contributed by atoms with van der Waals surface area (Å²) < 4.78 is 3.84. The third kappa shape index (κ3) is 4.19. The zero-order valence-corrected chi connectivity index (χ0v) is 20.1. The van der Waals surface area contributed by atoms with Crippen LogP contribution in [0.5, 0.6) is 0 Å². The number of aromatic nitrogens is 5. The molecular weight excluding hydrogens is 452 g/mol. The SMILES string of the molecule is Cc1ccc(-c2nnc(SCC(=O)c3c(N)n(C)c(=O)n(C)c3=O)n2-c2ccc(C)cc2)cc1. The summed E-state index contributed by atoms with van der Waals surface area (Å²) in [5, 5.41) is 9.21. The van der Waals surface area contributed by atoms with E-state index in [4.69, 9.17) is 5.73 Å². The maximum Gasteiger partial charge on any atom is 0.332 e. The number of hydrogen-bond donors (Lipinski definition) is 1. The minimum Gasteiger partial charge on any atom is -0.384 e. The van der Waals surface area contributed by atoms with Gasteiger partial charge in [0.05, 0.1) is 5.75 Å². The number of nitrogens with zero attached hydrogens (tertiary/aromatic N) is 5. The van der Waals surface area contributed by atoms with Crippen molar-refractivity contribution in [2.45, 2.75) is 19.0 Å². The summed E-state index contributed by atoms with van der Waals surface area (Å²) in [5.74, 6) is -0.111. The number of thioether (sulfide) groups is 1. The second kappa shape index (κ2) is 9.14. The Morgan fingerprint density at radius 3 is 2.12 bits per heavy atom. The largest absolute Gasteiger partial charge is 0.384 e. The van der Waals surface area contributed by atoms with Crippen molar-refractivity contribution in [2.24, 2.45) is 14.1 Å². The van der Waals surface area contributed by atoms with Crippen LogP contribution in [0, 0.1) is 13.8 Å². The van der Waals surface area contributed by atoms with E-state index >= 15 is 0 Å². The molecule has 174 valence electrons. The third-order valence-corrected chi connectivity index (χ3v) is 6.49. The molecule has 0 amide bonds. The molecule has 0 atom stereocenters. The van der Waals surface area contributed by atoms with E-state index in [2.05, 4.69) is 10.2 Å². The van der Waals surface area contributed by atoms with E-state index in [-0.39, 0.29) is 17.1 Å². The topological polar surface area (TPSA) is 118 Å². The molecule has 0 aliphatic carbocycles. The molecule has 2 aromatic carbocycles. The number of rotatable bonds is 6. The van der Waals surface area contributed by atoms with Crippen molar-refractivity contribution in [3.63, 3.8) is 0 Å². The van der Waals surface area contributed by atoms with Crippen LogP contribution in [-0.4, -0.2) is 35.4 Å². The number of nitrogen functional groups attached to an aromatic ring is 1. The average molecular weight is 477 g/mol. The summed E-state index contributed by atoms with van der Waals surface area (Å²) in [4.78, 5) is 37.6. The van der Waals surface area contributed by atoms with Crippen LogP contribution >= 0.6 is 11.8 Å². The van der Waals surface area contributed by atoms with Crippen LogP contribution in [0.25, 0.3) is 17.1 Å². The Hall–Kier alpha value is -3.92. The number of carbonyl (C=O) groups is 1. The van der Waals surface area contributed by atoms with Gasteiger partial charge < -0.3 is 5.73 Å². The monoisotopic (exact) mass is 476 g/mol. The second-order valence-electron chi connectivity index (χ2n) is 8.02. The molecule has 2 heterocycles. The lowest BCUT2D eigenvalue weighted by molar-refractivity contribution is 0.102. The van der Waals surface area contributed by atoms with E-state index in [0.29, 0.717) is 11.0 Å². The van der Waals surface area contributed by atoms with E-state index in [1.54, 1.807) is 0 Å². The van der Waals surface area contributed by atoms with Crippen LogP contribution in [-0.2, 0) is 14.1 Å². The van der Waals surface area contributed by atoms with Crippen LogP contribution in [0.1, 0.15) is 21.5 Å². The van der Waals surface area contributed by atoms with Gasteiger partial charge in [-0.1, -0.05) is 59.3 Å². The number of aryl methyl sites for hydroxylation is 2. The summed E-state index contributed by atoms with van der Waals surface area (Å²) in [6.07, 6.45) is 0. The van der Waals surface area contributed by atoms with E-state index < -0.39 is 17.0 Å². The highest BCUT2D eigenvalue weighted by Gasteiger charge is 2.22. The minimum absolute atomic E-state index is 0.102. The Kier molecular flexibility index (Phi) is 6.25. The quantitative estimate of drug-likeness (QED) is 0.336. The highest BCUT2D eigenvalue weighted by Crippen LogP contribution is 2.29. The van der Waals surface area contributed by atoms with Gasteiger partial charge >= 0.3 is 5.69 Å². The van der Waals surface area contributed by atoms with Crippen LogP contribution in [0.3, 0.4) is 0 Å². The number of benzene rings is 2. The van der Waals surface area contributed by atoms with E-state index in [9.17, 15) is 14.4 Å². The first kappa shape index (κ1) is 23.2. The molecule has 0 saturated heterocycles. The maximum absolute atomic E-state index is 13.0. The summed E-state index contributed by atoms with van der Waals surface area (Å²) in [6.45, 7) is 4.01. The van der Waals surface area contributed by atoms with Crippen molar-refractivity contribution < 1.29 is 4.79 Å². The number of anilines is 1. The fourth-order valence-electron chi connectivity index (χ4n) is 3.50. The average Bonchev–Trinajstić information content (AvgIpc) is 3.25. The van der Waals surface area contributed by atoms with Crippen molar-refractivity contribution in [1.29, 1.82) is 0 Å².